The van der Waals surface area contributed by atoms with E-state index >= 15 is 0 Å². The monoisotopic (exact) mass is 384 g/mol. The van der Waals surface area contributed by atoms with Crippen molar-refractivity contribution in [3.63, 3.8) is 0 Å². The first kappa shape index (κ1) is 21.1. The maximum absolute atomic E-state index is 12.5. The minimum Gasteiger partial charge on any atom is -0.364 e. The molecule has 27 heavy (non-hydrogen) atoms. The highest BCUT2D eigenvalue weighted by Gasteiger charge is 2.20. The predicted molar refractivity (Wildman–Crippen MR) is 111 cm³/mol. The number of allylic oxidation sites excluding steroid dienone is 1. The van der Waals surface area contributed by atoms with Gasteiger partial charge in [-0.3, -0.25) is 4.79 Å². The largest absolute Gasteiger partial charge is 0.364 e. The van der Waals surface area contributed by atoms with E-state index in [-0.39, 0.29) is 17.3 Å². The van der Waals surface area contributed by atoms with Gasteiger partial charge in [-0.25, -0.2) is 0 Å². The van der Waals surface area contributed by atoms with Crippen molar-refractivity contribution in [2.24, 2.45) is 0 Å². The lowest BCUT2D eigenvalue weighted by molar-refractivity contribution is -0.120. The molecule has 4 heteroatoms. The van der Waals surface area contributed by atoms with E-state index in [2.05, 4.69) is 13.5 Å². The highest BCUT2D eigenvalue weighted by molar-refractivity contribution is 6.30. The highest BCUT2D eigenvalue weighted by Crippen LogP contribution is 2.21. The fraction of sp³-hybridized carbons (Fsp3) is 0.261. The summed E-state index contributed by atoms with van der Waals surface area (Å²) in [5.74, 6) is -0.181. The van der Waals surface area contributed by atoms with Crippen molar-refractivity contribution in [1.29, 1.82) is 0 Å². The summed E-state index contributed by atoms with van der Waals surface area (Å²) >= 11 is 5.87. The molecule has 0 aliphatic rings. The Bertz CT molecular complexity index is 794. The fourth-order valence-corrected chi connectivity index (χ4v) is 2.85. The van der Waals surface area contributed by atoms with Crippen LogP contribution in [0.3, 0.4) is 0 Å². The van der Waals surface area contributed by atoms with Crippen molar-refractivity contribution in [2.75, 3.05) is 6.61 Å². The molecule has 2 rings (SSSR count). The third kappa shape index (κ3) is 6.17. The number of carbonyl (C=O) groups excluding carboxylic acids is 1. The second-order valence-electron chi connectivity index (χ2n) is 6.43. The minimum atomic E-state index is -1.33. The third-order valence-corrected chi connectivity index (χ3v) is 4.67. The van der Waals surface area contributed by atoms with E-state index in [0.29, 0.717) is 17.2 Å². The number of halogens is 1. The summed E-state index contributed by atoms with van der Waals surface area (Å²) in [6.07, 6.45) is 1.27. The number of rotatable bonds is 9. The zero-order valence-corrected chi connectivity index (χ0v) is 16.4. The van der Waals surface area contributed by atoms with Crippen molar-refractivity contribution in [2.45, 2.75) is 32.5 Å². The van der Waals surface area contributed by atoms with Crippen LogP contribution in [0.1, 0.15) is 37.3 Å². The van der Waals surface area contributed by atoms with Crippen LogP contribution in [0.5, 0.6) is 0 Å². The van der Waals surface area contributed by atoms with Gasteiger partial charge >= 0.3 is 0 Å². The van der Waals surface area contributed by atoms with Crippen molar-refractivity contribution >= 4 is 23.5 Å². The number of ether oxygens (including phenoxy) is 1. The third-order valence-electron chi connectivity index (χ3n) is 4.42. The smallest absolute Gasteiger partial charge is 0.189 e. The zero-order valence-electron chi connectivity index (χ0n) is 15.7. The van der Waals surface area contributed by atoms with E-state index in [1.165, 1.54) is 0 Å². The van der Waals surface area contributed by atoms with Crippen LogP contribution in [0.4, 0.5) is 0 Å². The molecule has 0 aliphatic heterocycles. The van der Waals surface area contributed by atoms with E-state index in [4.69, 9.17) is 16.3 Å². The molecule has 1 unspecified atom stereocenters. The standard InChI is InChI=1S/C23H25ClO3/c1-4-19(20-8-6-5-7-9-20)15-27-23(26)17(3)22(25)16(2)14-18-10-12-21(24)13-11-18/h5-14,19,23,26H,3-4,15H2,1-2H3/b16-14+/t19-,23?/m1/s1. The van der Waals surface area contributed by atoms with Gasteiger partial charge in [-0.1, -0.05) is 67.6 Å². The Balaban J connectivity index is 1.97. The summed E-state index contributed by atoms with van der Waals surface area (Å²) in [5, 5.41) is 10.9. The quantitative estimate of drug-likeness (QED) is 0.465. The molecular formula is C23H25ClO3. The van der Waals surface area contributed by atoms with Gasteiger partial charge in [-0.05, 0) is 48.3 Å². The zero-order chi connectivity index (χ0) is 19.8. The Morgan fingerprint density at radius 3 is 2.41 bits per heavy atom. The molecule has 0 aromatic heterocycles. The van der Waals surface area contributed by atoms with Gasteiger partial charge in [0.05, 0.1) is 6.61 Å². The normalized spacial score (nSPS) is 13.9. The van der Waals surface area contributed by atoms with Gasteiger partial charge in [0.1, 0.15) is 0 Å². The van der Waals surface area contributed by atoms with Crippen LogP contribution in [0, 0.1) is 0 Å². The Labute approximate surface area is 165 Å². The van der Waals surface area contributed by atoms with Gasteiger partial charge in [0, 0.05) is 16.5 Å². The average Bonchev–Trinajstić information content (AvgIpc) is 2.69. The number of ketones is 1. The summed E-state index contributed by atoms with van der Waals surface area (Å²) in [4.78, 5) is 12.5. The van der Waals surface area contributed by atoms with Gasteiger partial charge in [-0.15, -0.1) is 0 Å². The molecule has 0 spiro atoms. The molecule has 0 heterocycles. The second kappa shape index (κ2) is 10.2. The second-order valence-corrected chi connectivity index (χ2v) is 6.87. The molecule has 2 atom stereocenters. The number of benzene rings is 2. The van der Waals surface area contributed by atoms with Crippen molar-refractivity contribution in [1.82, 2.24) is 0 Å². The van der Waals surface area contributed by atoms with E-state index in [1.54, 1.807) is 25.1 Å². The molecule has 2 aromatic carbocycles. The summed E-state index contributed by atoms with van der Waals surface area (Å²) in [6, 6.07) is 17.1. The molecule has 0 aliphatic carbocycles. The average molecular weight is 385 g/mol. The number of hydrogen-bond acceptors (Lipinski definition) is 3. The highest BCUT2D eigenvalue weighted by atomic mass is 35.5. The first-order valence-corrected chi connectivity index (χ1v) is 9.32. The number of hydrogen-bond donors (Lipinski definition) is 1. The Morgan fingerprint density at radius 1 is 1.19 bits per heavy atom. The van der Waals surface area contributed by atoms with Gasteiger partial charge in [0.15, 0.2) is 12.1 Å². The van der Waals surface area contributed by atoms with Gasteiger partial charge in [0.25, 0.3) is 0 Å². The first-order chi connectivity index (χ1) is 12.9. The molecule has 0 amide bonds. The maximum atomic E-state index is 12.5. The molecule has 0 fully saturated rings. The molecule has 1 N–H and O–H groups in total. The molecule has 0 saturated carbocycles. The molecule has 0 saturated heterocycles. The molecular weight excluding hydrogens is 360 g/mol. The number of carbonyl (C=O) groups is 1. The predicted octanol–water partition coefficient (Wildman–Crippen LogP) is 5.40. The van der Waals surface area contributed by atoms with Crippen molar-refractivity contribution in [3.8, 4) is 0 Å². The van der Waals surface area contributed by atoms with Crippen LogP contribution < -0.4 is 0 Å². The van der Waals surface area contributed by atoms with E-state index in [0.717, 1.165) is 17.5 Å². The SMILES string of the molecule is C=C(C(=O)/C(C)=C/c1ccc(Cl)cc1)C(O)OC[C@@H](CC)c1ccccc1. The molecule has 142 valence electrons. The number of aliphatic hydroxyl groups is 1. The Hall–Kier alpha value is -2.20. The van der Waals surface area contributed by atoms with Gasteiger partial charge in [-0.2, -0.15) is 0 Å². The van der Waals surface area contributed by atoms with Crippen molar-refractivity contribution < 1.29 is 14.6 Å². The molecule has 0 bridgehead atoms. The van der Waals surface area contributed by atoms with Crippen LogP contribution in [0.2, 0.25) is 5.02 Å². The topological polar surface area (TPSA) is 46.5 Å². The first-order valence-electron chi connectivity index (χ1n) is 8.94. The van der Waals surface area contributed by atoms with E-state index < -0.39 is 6.29 Å². The number of Topliss-reactive ketones (excluding diaryl/α,β-unsaturated/α-hetero) is 1. The van der Waals surface area contributed by atoms with E-state index in [1.807, 2.05) is 42.5 Å². The van der Waals surface area contributed by atoms with Crippen LogP contribution in [-0.4, -0.2) is 23.8 Å². The molecule has 0 radical (unpaired) electrons. The van der Waals surface area contributed by atoms with Crippen LogP contribution in [0.25, 0.3) is 6.08 Å². The lowest BCUT2D eigenvalue weighted by atomic mass is 9.97. The summed E-state index contributed by atoms with van der Waals surface area (Å²) in [7, 11) is 0. The van der Waals surface area contributed by atoms with Crippen molar-refractivity contribution in [3.05, 3.63) is 88.5 Å². The van der Waals surface area contributed by atoms with Gasteiger partial charge in [0.2, 0.25) is 0 Å². The Kier molecular flexibility index (Phi) is 7.99. The Morgan fingerprint density at radius 2 is 1.81 bits per heavy atom. The minimum absolute atomic E-state index is 0.0284. The fourth-order valence-electron chi connectivity index (χ4n) is 2.72. The van der Waals surface area contributed by atoms with E-state index in [9.17, 15) is 9.90 Å². The summed E-state index contributed by atoms with van der Waals surface area (Å²) in [6.45, 7) is 7.78. The summed E-state index contributed by atoms with van der Waals surface area (Å²) in [5.41, 5.74) is 2.49. The lowest BCUT2D eigenvalue weighted by Gasteiger charge is -2.19. The summed E-state index contributed by atoms with van der Waals surface area (Å²) < 4.78 is 5.54. The number of aliphatic hydroxyl groups excluding tert-OH is 1. The van der Waals surface area contributed by atoms with Gasteiger partial charge < -0.3 is 9.84 Å². The van der Waals surface area contributed by atoms with Crippen LogP contribution in [-0.2, 0) is 9.53 Å². The molecule has 3 nitrogen and oxygen atoms in total. The lowest BCUT2D eigenvalue weighted by Crippen LogP contribution is -2.23. The maximum Gasteiger partial charge on any atom is 0.189 e. The van der Waals surface area contributed by atoms with Crippen LogP contribution >= 0.6 is 11.6 Å². The molecule has 2 aromatic rings. The van der Waals surface area contributed by atoms with Crippen LogP contribution in [0.15, 0.2) is 72.3 Å².